The number of rotatable bonds is 8. The predicted octanol–water partition coefficient (Wildman–Crippen LogP) is 21.1. The quantitative estimate of drug-likeness (QED) is 0.127. The van der Waals surface area contributed by atoms with Gasteiger partial charge in [0.05, 0.1) is 12.2 Å². The van der Waals surface area contributed by atoms with Crippen molar-refractivity contribution in [2.24, 2.45) is 29.6 Å². The van der Waals surface area contributed by atoms with Crippen LogP contribution in [0.4, 0.5) is 0 Å². The molecule has 12 heteroatoms. The van der Waals surface area contributed by atoms with E-state index in [1.165, 1.54) is 186 Å². The van der Waals surface area contributed by atoms with Gasteiger partial charge in [-0.1, -0.05) is 229 Å². The van der Waals surface area contributed by atoms with E-state index in [-0.39, 0.29) is 41.9 Å². The molecule has 15 saturated heterocycles. The minimum atomic E-state index is -0.00694. The van der Waals surface area contributed by atoms with E-state index >= 15 is 0 Å². The molecular weight excluding hydrogens is 1400 g/mol. The van der Waals surface area contributed by atoms with Crippen LogP contribution < -0.4 is 14.2 Å². The highest BCUT2D eigenvalue weighted by molar-refractivity contribution is 14.1. The average molecular weight is 1540 g/mol. The molecule has 0 aliphatic carbocycles. The molecule has 10 bridgehead atoms. The summed E-state index contributed by atoms with van der Waals surface area (Å²) in [4.78, 5) is 12.3. The number of fused-ring (bicyclic) bond motifs is 15. The average Bonchev–Trinajstić information content (AvgIpc) is 0.829. The van der Waals surface area contributed by atoms with Gasteiger partial charge in [0, 0.05) is 36.3 Å². The van der Waals surface area contributed by atoms with Gasteiger partial charge >= 0.3 is 0 Å². The first-order chi connectivity index (χ1) is 48.7. The van der Waals surface area contributed by atoms with Crippen LogP contribution in [0.2, 0.25) is 0 Å². The Labute approximate surface area is 647 Å². The molecule has 0 amide bonds. The number of aliphatic hydroxyl groups excluding tert-OH is 2. The van der Waals surface area contributed by atoms with Gasteiger partial charge in [0.15, 0.2) is 0 Å². The summed E-state index contributed by atoms with van der Waals surface area (Å²) >= 11 is 2.28. The zero-order valence-corrected chi connectivity index (χ0v) is 64.3. The number of aryl methyl sites for hydroxylation is 2. The van der Waals surface area contributed by atoms with Gasteiger partial charge in [-0.25, -0.2) is 0 Å². The van der Waals surface area contributed by atoms with Gasteiger partial charge < -0.3 is 39.3 Å². The van der Waals surface area contributed by atoms with Gasteiger partial charge in [-0.2, -0.15) is 0 Å². The lowest BCUT2D eigenvalue weighted by atomic mass is 9.86. The van der Waals surface area contributed by atoms with Crippen LogP contribution in [-0.4, -0.2) is 169 Å². The number of halogens is 1. The van der Waals surface area contributed by atoms with E-state index in [1.807, 2.05) is 42.5 Å². The number of aromatic hydroxyl groups is 1. The minimum Gasteiger partial charge on any atom is -0.508 e. The van der Waals surface area contributed by atoms with E-state index in [0.717, 1.165) is 67.7 Å². The van der Waals surface area contributed by atoms with E-state index in [0.29, 0.717) is 35.9 Å². The van der Waals surface area contributed by atoms with Gasteiger partial charge in [0.1, 0.15) is 41.3 Å². The molecule has 0 unspecified atom stereocenters. The van der Waals surface area contributed by atoms with E-state index < -0.39 is 0 Å². The van der Waals surface area contributed by atoms with Crippen molar-refractivity contribution in [2.75, 3.05) is 98.2 Å². The number of ether oxygens (including phenoxy) is 3. The summed E-state index contributed by atoms with van der Waals surface area (Å²) in [6.45, 7) is 34.7. The summed E-state index contributed by atoms with van der Waals surface area (Å²) < 4.78 is 19.9. The fourth-order valence-electron chi connectivity index (χ4n) is 14.8. The standard InChI is InChI=1S/2C20H23NO.C13H17NO.2C7H13NO.C6H5I.C6H6O.3C3H8.4CH4/c2*1-15-2-4-16(5-3-15)17-6-8-19(9-7-17)22-20-14-21-12-10-18(20)11-13-21;1-2-4-12(5-3-1)15-13-10-14-8-6-11(13)7-9-14;2*9-7-5-8-3-1-6(7)2-4-8;2*7-6-4-2-1-3-5-6;3*1-3-2;;;;/h2*2-9,18,20H,10-14H2,1H3;1-5,11,13H,6-10H2;2*6-7,9H,1-5H2;1-5H;1-5,7H;3*3H2,1-2H3;4*1H4/t2*20-;13-;2*7-;;;;;;;;;/m00010........./s1. The Morgan fingerprint density at radius 3 is 0.712 bits per heavy atom. The Morgan fingerprint density at radius 2 is 0.529 bits per heavy atom. The highest BCUT2D eigenvalue weighted by Crippen LogP contribution is 2.35. The number of piperidine rings is 15. The van der Waals surface area contributed by atoms with Crippen molar-refractivity contribution >= 4 is 22.6 Å². The molecule has 0 aromatic heterocycles. The fraction of sp³-hybridized carbons (Fsp3) is 0.543. The lowest BCUT2D eigenvalue weighted by Gasteiger charge is -2.44. The van der Waals surface area contributed by atoms with Crippen LogP contribution in [0.3, 0.4) is 0 Å². The Bertz CT molecular complexity index is 3030. The first-order valence-corrected chi connectivity index (χ1v) is 39.6. The van der Waals surface area contributed by atoms with Crippen molar-refractivity contribution in [2.45, 2.75) is 199 Å². The monoisotopic (exact) mass is 1540 g/mol. The second kappa shape index (κ2) is 49.9. The zero-order chi connectivity index (χ0) is 70.9. The van der Waals surface area contributed by atoms with Crippen LogP contribution in [0.1, 0.15) is 166 Å². The number of phenols is 1. The molecule has 0 saturated carbocycles. The summed E-state index contributed by atoms with van der Waals surface area (Å²) in [5.74, 6) is 6.92. The highest BCUT2D eigenvalue weighted by atomic mass is 127. The molecule has 15 aliphatic rings. The molecule has 15 fully saturated rings. The number of para-hydroxylation sites is 2. The van der Waals surface area contributed by atoms with Crippen molar-refractivity contribution in [1.29, 1.82) is 0 Å². The largest absolute Gasteiger partial charge is 0.508 e. The predicted molar refractivity (Wildman–Crippen MR) is 453 cm³/mol. The maximum atomic E-state index is 9.36. The third-order valence-corrected chi connectivity index (χ3v) is 21.3. The smallest absolute Gasteiger partial charge is 0.119 e. The Hall–Kier alpha value is -5.81. The maximum Gasteiger partial charge on any atom is 0.119 e. The van der Waals surface area contributed by atoms with Crippen molar-refractivity contribution in [3.8, 4) is 45.3 Å². The normalized spacial score (nSPS) is 26.5. The number of hydrogen-bond donors (Lipinski definition) is 3. The molecule has 7 aromatic rings. The van der Waals surface area contributed by atoms with Crippen LogP contribution in [0, 0.1) is 47.0 Å². The second-order valence-corrected chi connectivity index (χ2v) is 30.4. The van der Waals surface area contributed by atoms with Gasteiger partial charge in [-0.15, -0.1) is 0 Å². The molecular formula is C92H140IN5O6. The number of phenolic OH excluding ortho intramolecular Hbond substituents is 1. The van der Waals surface area contributed by atoms with Crippen LogP contribution in [0.5, 0.6) is 23.0 Å². The first-order valence-electron chi connectivity index (χ1n) is 38.5. The molecule has 0 spiro atoms. The molecule has 5 atom stereocenters. The summed E-state index contributed by atoms with van der Waals surface area (Å²) in [5, 5.41) is 27.3. The Morgan fingerprint density at radius 1 is 0.308 bits per heavy atom. The SMILES string of the molecule is C.C.C.C.CCC.CCC.CCC.Cc1ccc(-c2ccc(O[C@H]3CN4CCC3CC4)cc2)cc1.Cc1ccc(-c2ccc(O[C@H]3CN4CCC3CC4)cc2)cc1.Ic1ccccc1.O[C@@H]1CN2CCC1CC2.O[C@H]1CN2CCC1CC2.Oc1ccccc1.c1ccc(O[C@H]2CN3CCC2CC3)cc1. The Balaban J connectivity index is 0.000000260. The summed E-state index contributed by atoms with van der Waals surface area (Å²) in [5.41, 5.74) is 7.62. The molecule has 7 aromatic carbocycles. The third-order valence-electron chi connectivity index (χ3n) is 20.6. The second-order valence-electron chi connectivity index (χ2n) is 29.1. The molecule has 15 aliphatic heterocycles. The van der Waals surface area contributed by atoms with Crippen LogP contribution in [-0.2, 0) is 0 Å². The molecule has 104 heavy (non-hydrogen) atoms. The van der Waals surface area contributed by atoms with Crippen molar-refractivity contribution < 1.29 is 29.5 Å². The van der Waals surface area contributed by atoms with Crippen molar-refractivity contribution in [1.82, 2.24) is 24.5 Å². The molecule has 0 radical (unpaired) electrons. The van der Waals surface area contributed by atoms with Gasteiger partial charge in [-0.3, -0.25) is 14.7 Å². The summed E-state index contributed by atoms with van der Waals surface area (Å²) in [6.07, 6.45) is 17.6. The summed E-state index contributed by atoms with van der Waals surface area (Å²) in [6, 6.07) is 63.6. The van der Waals surface area contributed by atoms with Crippen LogP contribution >= 0.6 is 22.6 Å². The van der Waals surface area contributed by atoms with Crippen LogP contribution in [0.15, 0.2) is 188 Å². The van der Waals surface area contributed by atoms with Gasteiger partial charge in [-0.05, 0) is 279 Å². The number of hydrogen-bond acceptors (Lipinski definition) is 11. The third kappa shape index (κ3) is 30.8. The topological polar surface area (TPSA) is 105 Å². The molecule has 3 N–H and O–H groups in total. The van der Waals surface area contributed by atoms with E-state index in [9.17, 15) is 10.2 Å². The van der Waals surface area contributed by atoms with Crippen molar-refractivity contribution in [3.63, 3.8) is 0 Å². The minimum absolute atomic E-state index is 0. The Kier molecular flexibility index (Phi) is 43.5. The van der Waals surface area contributed by atoms with Crippen LogP contribution in [0.25, 0.3) is 22.3 Å². The molecule has 22 rings (SSSR count). The summed E-state index contributed by atoms with van der Waals surface area (Å²) in [7, 11) is 0. The number of benzene rings is 7. The first kappa shape index (κ1) is 90.6. The van der Waals surface area contributed by atoms with Gasteiger partial charge in [0.2, 0.25) is 0 Å². The van der Waals surface area contributed by atoms with E-state index in [2.05, 4.69) is 224 Å². The van der Waals surface area contributed by atoms with Gasteiger partial charge in [0.25, 0.3) is 0 Å². The van der Waals surface area contributed by atoms with E-state index in [4.69, 9.17) is 19.3 Å². The fourth-order valence-corrected chi connectivity index (χ4v) is 15.2. The lowest BCUT2D eigenvalue weighted by Crippen LogP contribution is -2.52. The number of nitrogens with zero attached hydrogens (tertiary/aromatic N) is 5. The van der Waals surface area contributed by atoms with Crippen molar-refractivity contribution in [3.05, 3.63) is 203 Å². The molecule has 15 heterocycles. The highest BCUT2D eigenvalue weighted by Gasteiger charge is 2.38. The van der Waals surface area contributed by atoms with E-state index in [1.54, 1.807) is 24.3 Å². The zero-order valence-electron chi connectivity index (χ0n) is 62.2. The lowest BCUT2D eigenvalue weighted by molar-refractivity contribution is -0.0228. The maximum absolute atomic E-state index is 9.36. The molecule has 11 nitrogen and oxygen atoms in total. The number of aliphatic hydroxyl groups is 2. The molecule has 576 valence electrons.